The first kappa shape index (κ1) is 14.5. The van der Waals surface area contributed by atoms with Crippen LogP contribution >= 0.6 is 22.6 Å². The number of nitrogens with two attached hydrogens (primary N) is 1. The molecule has 0 aliphatic rings. The summed E-state index contributed by atoms with van der Waals surface area (Å²) in [5, 5.41) is 3.26. The number of benzene rings is 1. The van der Waals surface area contributed by atoms with E-state index in [1.807, 2.05) is 32.3 Å². The molecule has 0 fully saturated rings. The Morgan fingerprint density at radius 3 is 2.76 bits per heavy atom. The molecule has 0 spiro atoms. The highest BCUT2D eigenvalue weighted by atomic mass is 127. The predicted octanol–water partition coefficient (Wildman–Crippen LogP) is 1.86. The lowest BCUT2D eigenvalue weighted by atomic mass is 10.3. The Kier molecular flexibility index (Phi) is 6.61. The second-order valence-electron chi connectivity index (χ2n) is 4.07. The van der Waals surface area contributed by atoms with Crippen LogP contribution in [0.25, 0.3) is 0 Å². The lowest BCUT2D eigenvalue weighted by Crippen LogP contribution is -2.20. The van der Waals surface area contributed by atoms with Crippen LogP contribution in [0.4, 0.5) is 11.4 Å². The van der Waals surface area contributed by atoms with Gasteiger partial charge in [-0.2, -0.15) is 0 Å². The van der Waals surface area contributed by atoms with Crippen molar-refractivity contribution >= 4 is 34.0 Å². The van der Waals surface area contributed by atoms with Gasteiger partial charge < -0.3 is 20.7 Å². The predicted molar refractivity (Wildman–Crippen MR) is 81.4 cm³/mol. The number of rotatable bonds is 7. The monoisotopic (exact) mass is 349 g/mol. The Bertz CT molecular complexity index is 345. The summed E-state index contributed by atoms with van der Waals surface area (Å²) in [6, 6.07) is 5.98. The zero-order chi connectivity index (χ0) is 12.7. The molecular weight excluding hydrogens is 329 g/mol. The minimum Gasteiger partial charge on any atom is -0.397 e. The van der Waals surface area contributed by atoms with E-state index in [1.54, 1.807) is 0 Å². The largest absolute Gasteiger partial charge is 0.397 e. The van der Waals surface area contributed by atoms with E-state index >= 15 is 0 Å². The molecule has 0 aliphatic heterocycles. The molecule has 4 nitrogen and oxygen atoms in total. The molecule has 5 heteroatoms. The molecular formula is C12H20IN3O. The number of ether oxygens (including phenoxy) is 1. The molecule has 0 saturated carbocycles. The highest BCUT2D eigenvalue weighted by molar-refractivity contribution is 14.1. The molecule has 1 aromatic rings. The fourth-order valence-electron chi connectivity index (χ4n) is 1.30. The molecule has 0 aromatic heterocycles. The van der Waals surface area contributed by atoms with Gasteiger partial charge in [0.2, 0.25) is 0 Å². The number of nitrogens with one attached hydrogen (secondary N) is 1. The molecule has 0 heterocycles. The first-order chi connectivity index (χ1) is 8.09. The van der Waals surface area contributed by atoms with Crippen LogP contribution in [-0.4, -0.2) is 45.3 Å². The van der Waals surface area contributed by atoms with Gasteiger partial charge in [0.15, 0.2) is 0 Å². The molecule has 1 aromatic carbocycles. The Labute approximate surface area is 117 Å². The first-order valence-corrected chi connectivity index (χ1v) is 6.69. The van der Waals surface area contributed by atoms with Crippen molar-refractivity contribution in [1.82, 2.24) is 4.90 Å². The van der Waals surface area contributed by atoms with E-state index < -0.39 is 0 Å². The Morgan fingerprint density at radius 1 is 1.35 bits per heavy atom. The number of anilines is 2. The van der Waals surface area contributed by atoms with Gasteiger partial charge >= 0.3 is 0 Å². The van der Waals surface area contributed by atoms with Crippen LogP contribution in [0.3, 0.4) is 0 Å². The van der Waals surface area contributed by atoms with Crippen LogP contribution < -0.4 is 11.1 Å². The zero-order valence-corrected chi connectivity index (χ0v) is 12.5. The quantitative estimate of drug-likeness (QED) is 0.448. The Hall–Kier alpha value is -0.530. The normalized spacial score (nSPS) is 10.8. The van der Waals surface area contributed by atoms with Crippen molar-refractivity contribution in [1.29, 1.82) is 0 Å². The summed E-state index contributed by atoms with van der Waals surface area (Å²) < 4.78 is 6.63. The van der Waals surface area contributed by atoms with E-state index in [1.165, 1.54) is 0 Å². The molecule has 0 unspecified atom stereocenters. The van der Waals surface area contributed by atoms with Gasteiger partial charge in [0.1, 0.15) is 0 Å². The van der Waals surface area contributed by atoms with Crippen molar-refractivity contribution in [2.75, 3.05) is 51.4 Å². The lowest BCUT2D eigenvalue weighted by molar-refractivity contribution is 0.126. The van der Waals surface area contributed by atoms with Crippen LogP contribution in [0.5, 0.6) is 0 Å². The van der Waals surface area contributed by atoms with E-state index in [9.17, 15) is 0 Å². The molecule has 3 N–H and O–H groups in total. The van der Waals surface area contributed by atoms with E-state index in [0.717, 1.165) is 34.6 Å². The molecule has 96 valence electrons. The summed E-state index contributed by atoms with van der Waals surface area (Å²) >= 11 is 2.25. The molecule has 0 amide bonds. The molecule has 17 heavy (non-hydrogen) atoms. The molecule has 0 aliphatic carbocycles. The summed E-state index contributed by atoms with van der Waals surface area (Å²) in [5.74, 6) is 0. The summed E-state index contributed by atoms with van der Waals surface area (Å²) in [6.45, 7) is 3.18. The van der Waals surface area contributed by atoms with Gasteiger partial charge in [-0.1, -0.05) is 0 Å². The average molecular weight is 349 g/mol. The Morgan fingerprint density at radius 2 is 2.12 bits per heavy atom. The summed E-state index contributed by atoms with van der Waals surface area (Å²) in [5.41, 5.74) is 7.64. The van der Waals surface area contributed by atoms with Crippen molar-refractivity contribution < 1.29 is 4.74 Å². The van der Waals surface area contributed by atoms with Crippen molar-refractivity contribution in [3.8, 4) is 0 Å². The second-order valence-corrected chi connectivity index (χ2v) is 5.32. The molecule has 0 bridgehead atoms. The molecule has 0 saturated heterocycles. The molecule has 0 atom stereocenters. The number of halogens is 1. The van der Waals surface area contributed by atoms with Crippen LogP contribution in [0.1, 0.15) is 0 Å². The van der Waals surface area contributed by atoms with Gasteiger partial charge in [0.25, 0.3) is 0 Å². The van der Waals surface area contributed by atoms with E-state index in [-0.39, 0.29) is 0 Å². The maximum atomic E-state index is 5.89. The van der Waals surface area contributed by atoms with Gasteiger partial charge in [-0.05, 0) is 54.9 Å². The number of hydrogen-bond donors (Lipinski definition) is 2. The fourth-order valence-corrected chi connectivity index (χ4v) is 1.82. The van der Waals surface area contributed by atoms with Gasteiger partial charge in [-0.25, -0.2) is 0 Å². The maximum Gasteiger partial charge on any atom is 0.0639 e. The third-order valence-electron chi connectivity index (χ3n) is 2.26. The topological polar surface area (TPSA) is 50.5 Å². The van der Waals surface area contributed by atoms with Crippen LogP contribution in [0, 0.1) is 3.57 Å². The van der Waals surface area contributed by atoms with Gasteiger partial charge in [-0.3, -0.25) is 0 Å². The van der Waals surface area contributed by atoms with Gasteiger partial charge in [-0.15, -0.1) is 0 Å². The van der Waals surface area contributed by atoms with E-state index in [2.05, 4.69) is 32.8 Å². The third-order valence-corrected chi connectivity index (χ3v) is 2.93. The fraction of sp³-hybridized carbons (Fsp3) is 0.500. The number of nitrogens with zero attached hydrogens (tertiary/aromatic N) is 1. The van der Waals surface area contributed by atoms with Gasteiger partial charge in [0, 0.05) is 16.7 Å². The summed E-state index contributed by atoms with van der Waals surface area (Å²) in [7, 11) is 4.07. The maximum absolute atomic E-state index is 5.89. The molecule has 1 rings (SSSR count). The van der Waals surface area contributed by atoms with Crippen molar-refractivity contribution in [3.05, 3.63) is 21.8 Å². The van der Waals surface area contributed by atoms with Gasteiger partial charge in [0.05, 0.1) is 24.6 Å². The standard InChI is InChI=1S/C12H20IN3O/c1-16(2)6-8-17-7-5-15-12-4-3-10(13)9-11(12)14/h3-4,9,15H,5-8,14H2,1-2H3. The third kappa shape index (κ3) is 6.09. The highest BCUT2D eigenvalue weighted by Gasteiger charge is 1.98. The summed E-state index contributed by atoms with van der Waals surface area (Å²) in [6.07, 6.45) is 0. The van der Waals surface area contributed by atoms with Crippen LogP contribution in [0.15, 0.2) is 18.2 Å². The van der Waals surface area contributed by atoms with Crippen LogP contribution in [0.2, 0.25) is 0 Å². The average Bonchev–Trinajstić information content (AvgIpc) is 2.25. The van der Waals surface area contributed by atoms with Crippen molar-refractivity contribution in [2.45, 2.75) is 0 Å². The van der Waals surface area contributed by atoms with Crippen molar-refractivity contribution in [2.24, 2.45) is 0 Å². The lowest BCUT2D eigenvalue weighted by Gasteiger charge is -2.12. The Balaban J connectivity index is 2.18. The highest BCUT2D eigenvalue weighted by Crippen LogP contribution is 2.20. The van der Waals surface area contributed by atoms with Crippen molar-refractivity contribution in [3.63, 3.8) is 0 Å². The first-order valence-electron chi connectivity index (χ1n) is 5.61. The van der Waals surface area contributed by atoms with Crippen LogP contribution in [-0.2, 0) is 4.74 Å². The van der Waals surface area contributed by atoms with E-state index in [0.29, 0.717) is 6.61 Å². The smallest absolute Gasteiger partial charge is 0.0639 e. The molecule has 0 radical (unpaired) electrons. The number of nitrogen functional groups attached to an aromatic ring is 1. The zero-order valence-electron chi connectivity index (χ0n) is 10.4. The number of likely N-dealkylation sites (N-methyl/N-ethyl adjacent to an activating group) is 1. The number of hydrogen-bond acceptors (Lipinski definition) is 4. The van der Waals surface area contributed by atoms with E-state index in [4.69, 9.17) is 10.5 Å². The second kappa shape index (κ2) is 7.73. The minimum absolute atomic E-state index is 0.694. The summed E-state index contributed by atoms with van der Waals surface area (Å²) in [4.78, 5) is 2.10. The minimum atomic E-state index is 0.694. The SMILES string of the molecule is CN(C)CCOCCNc1ccc(I)cc1N.